The monoisotopic (exact) mass is 469 g/mol. The van der Waals surface area contributed by atoms with Gasteiger partial charge < -0.3 is 10.2 Å². The van der Waals surface area contributed by atoms with Crippen LogP contribution in [0.25, 0.3) is 5.69 Å². The molecule has 10 heteroatoms. The van der Waals surface area contributed by atoms with E-state index in [1.54, 1.807) is 21.8 Å². The highest BCUT2D eigenvalue weighted by atomic mass is 79.9. The van der Waals surface area contributed by atoms with Crippen molar-refractivity contribution in [3.05, 3.63) is 59.0 Å². The molecule has 2 amide bonds. The Morgan fingerprint density at radius 2 is 2.00 bits per heavy atom. The number of halogens is 1. The zero-order valence-corrected chi connectivity index (χ0v) is 17.7. The molecule has 1 unspecified atom stereocenters. The summed E-state index contributed by atoms with van der Waals surface area (Å²) in [7, 11) is 0. The standard InChI is InChI=1S/C20H20BrN7O2/c21-16-5-8-18(22-11-16)24-20(30)15-2-1-9-27(12-15)19(29)10-14-3-6-17(7-4-14)28-13-23-25-26-28/h3-8,11,13,15H,1-2,9-10,12H2,(H,22,24,30). The Bertz CT molecular complexity index is 1010. The second-order valence-corrected chi connectivity index (χ2v) is 8.04. The Hall–Kier alpha value is -3.14. The first-order valence-corrected chi connectivity index (χ1v) is 10.4. The summed E-state index contributed by atoms with van der Waals surface area (Å²) in [6, 6.07) is 11.1. The van der Waals surface area contributed by atoms with Crippen molar-refractivity contribution in [1.29, 1.82) is 0 Å². The second kappa shape index (κ2) is 9.12. The Morgan fingerprint density at radius 1 is 1.17 bits per heavy atom. The van der Waals surface area contributed by atoms with Crippen molar-refractivity contribution >= 4 is 33.6 Å². The van der Waals surface area contributed by atoms with E-state index in [2.05, 4.69) is 41.8 Å². The molecular weight excluding hydrogens is 450 g/mol. The number of hydrogen-bond acceptors (Lipinski definition) is 6. The summed E-state index contributed by atoms with van der Waals surface area (Å²) in [5, 5.41) is 13.9. The maximum absolute atomic E-state index is 12.8. The van der Waals surface area contributed by atoms with E-state index in [4.69, 9.17) is 0 Å². The summed E-state index contributed by atoms with van der Waals surface area (Å²) >= 11 is 3.32. The van der Waals surface area contributed by atoms with Crippen molar-refractivity contribution in [2.75, 3.05) is 18.4 Å². The average molecular weight is 470 g/mol. The summed E-state index contributed by atoms with van der Waals surface area (Å²) in [6.45, 7) is 1.09. The maximum Gasteiger partial charge on any atom is 0.230 e. The molecule has 30 heavy (non-hydrogen) atoms. The quantitative estimate of drug-likeness (QED) is 0.613. The number of carbonyl (C=O) groups excluding carboxylic acids is 2. The van der Waals surface area contributed by atoms with Gasteiger partial charge in [-0.3, -0.25) is 9.59 Å². The molecule has 1 saturated heterocycles. The molecule has 1 atom stereocenters. The number of rotatable bonds is 5. The van der Waals surface area contributed by atoms with Gasteiger partial charge in [0.2, 0.25) is 11.8 Å². The highest BCUT2D eigenvalue weighted by Gasteiger charge is 2.28. The minimum absolute atomic E-state index is 0.0180. The van der Waals surface area contributed by atoms with Gasteiger partial charge in [0, 0.05) is 23.8 Å². The van der Waals surface area contributed by atoms with E-state index >= 15 is 0 Å². The van der Waals surface area contributed by atoms with Gasteiger partial charge in [-0.15, -0.1) is 5.10 Å². The zero-order valence-electron chi connectivity index (χ0n) is 16.1. The van der Waals surface area contributed by atoms with Crippen LogP contribution in [0.5, 0.6) is 0 Å². The van der Waals surface area contributed by atoms with Crippen LogP contribution < -0.4 is 5.32 Å². The van der Waals surface area contributed by atoms with Crippen LogP contribution in [-0.4, -0.2) is 55.0 Å². The van der Waals surface area contributed by atoms with E-state index in [0.717, 1.165) is 28.6 Å². The SMILES string of the molecule is O=C(Nc1ccc(Br)cn1)C1CCCN(C(=O)Cc2ccc(-n3cnnn3)cc2)C1. The van der Waals surface area contributed by atoms with Crippen LogP contribution in [0.1, 0.15) is 18.4 Å². The van der Waals surface area contributed by atoms with Gasteiger partial charge in [-0.2, -0.15) is 0 Å². The molecular formula is C20H20BrN7O2. The van der Waals surface area contributed by atoms with Crippen LogP contribution in [0.15, 0.2) is 53.4 Å². The van der Waals surface area contributed by atoms with Gasteiger partial charge in [0.05, 0.1) is 18.0 Å². The van der Waals surface area contributed by atoms with Crippen molar-refractivity contribution in [2.45, 2.75) is 19.3 Å². The van der Waals surface area contributed by atoms with Crippen LogP contribution in [0.2, 0.25) is 0 Å². The van der Waals surface area contributed by atoms with Crippen molar-refractivity contribution < 1.29 is 9.59 Å². The summed E-state index contributed by atoms with van der Waals surface area (Å²) in [5.74, 6) is 0.183. The fraction of sp³-hybridized carbons (Fsp3) is 0.300. The number of piperidine rings is 1. The molecule has 2 aromatic heterocycles. The first-order chi connectivity index (χ1) is 14.6. The number of hydrogen-bond donors (Lipinski definition) is 1. The van der Waals surface area contributed by atoms with E-state index in [-0.39, 0.29) is 17.7 Å². The van der Waals surface area contributed by atoms with Gasteiger partial charge in [-0.25, -0.2) is 9.67 Å². The van der Waals surface area contributed by atoms with Crippen molar-refractivity contribution in [3.63, 3.8) is 0 Å². The predicted octanol–water partition coefficient (Wildman–Crippen LogP) is 2.24. The van der Waals surface area contributed by atoms with Crippen LogP contribution in [0.4, 0.5) is 5.82 Å². The minimum Gasteiger partial charge on any atom is -0.342 e. The molecule has 1 N–H and O–H groups in total. The van der Waals surface area contributed by atoms with Crippen LogP contribution in [0, 0.1) is 5.92 Å². The number of nitrogens with one attached hydrogen (secondary N) is 1. The molecule has 1 aromatic carbocycles. The number of aromatic nitrogens is 5. The normalized spacial score (nSPS) is 16.3. The summed E-state index contributed by atoms with van der Waals surface area (Å²) in [6.07, 6.45) is 5.00. The summed E-state index contributed by atoms with van der Waals surface area (Å²) in [4.78, 5) is 31.3. The van der Waals surface area contributed by atoms with Gasteiger partial charge in [0.1, 0.15) is 12.1 Å². The first kappa shape index (κ1) is 20.1. The van der Waals surface area contributed by atoms with Crippen LogP contribution in [0.3, 0.4) is 0 Å². The lowest BCUT2D eigenvalue weighted by atomic mass is 9.96. The summed E-state index contributed by atoms with van der Waals surface area (Å²) in [5.41, 5.74) is 1.73. The lowest BCUT2D eigenvalue weighted by molar-refractivity contribution is -0.133. The van der Waals surface area contributed by atoms with Crippen LogP contribution in [-0.2, 0) is 16.0 Å². The highest BCUT2D eigenvalue weighted by molar-refractivity contribution is 9.10. The van der Waals surface area contributed by atoms with E-state index in [0.29, 0.717) is 25.3 Å². The third-order valence-corrected chi connectivity index (χ3v) is 5.50. The number of nitrogens with zero attached hydrogens (tertiary/aromatic N) is 6. The number of benzene rings is 1. The van der Waals surface area contributed by atoms with E-state index in [9.17, 15) is 9.59 Å². The molecule has 3 aromatic rings. The van der Waals surface area contributed by atoms with Gasteiger partial charge in [-0.05, 0) is 69.0 Å². The molecule has 9 nitrogen and oxygen atoms in total. The Morgan fingerprint density at radius 3 is 2.70 bits per heavy atom. The third kappa shape index (κ3) is 4.88. The lowest BCUT2D eigenvalue weighted by Crippen LogP contribution is -2.44. The maximum atomic E-state index is 12.8. The number of anilines is 1. The zero-order chi connectivity index (χ0) is 20.9. The molecule has 1 aliphatic rings. The van der Waals surface area contributed by atoms with E-state index < -0.39 is 0 Å². The van der Waals surface area contributed by atoms with Gasteiger partial charge in [-0.1, -0.05) is 12.1 Å². The Labute approximate surface area is 181 Å². The largest absolute Gasteiger partial charge is 0.342 e. The molecule has 1 fully saturated rings. The predicted molar refractivity (Wildman–Crippen MR) is 113 cm³/mol. The average Bonchev–Trinajstić information content (AvgIpc) is 3.31. The fourth-order valence-electron chi connectivity index (χ4n) is 3.43. The fourth-order valence-corrected chi connectivity index (χ4v) is 3.66. The van der Waals surface area contributed by atoms with Crippen molar-refractivity contribution in [2.24, 2.45) is 5.92 Å². The molecule has 3 heterocycles. The van der Waals surface area contributed by atoms with Crippen molar-refractivity contribution in [1.82, 2.24) is 30.1 Å². The number of carbonyl (C=O) groups is 2. The molecule has 154 valence electrons. The Balaban J connectivity index is 1.34. The Kier molecular flexibility index (Phi) is 6.12. The first-order valence-electron chi connectivity index (χ1n) is 9.61. The van der Waals surface area contributed by atoms with Crippen molar-refractivity contribution in [3.8, 4) is 5.69 Å². The second-order valence-electron chi connectivity index (χ2n) is 7.13. The molecule has 1 aliphatic heterocycles. The van der Waals surface area contributed by atoms with Crippen LogP contribution >= 0.6 is 15.9 Å². The van der Waals surface area contributed by atoms with Gasteiger partial charge >= 0.3 is 0 Å². The lowest BCUT2D eigenvalue weighted by Gasteiger charge is -2.32. The van der Waals surface area contributed by atoms with Gasteiger partial charge in [0.25, 0.3) is 0 Å². The van der Waals surface area contributed by atoms with Gasteiger partial charge in [0.15, 0.2) is 0 Å². The molecule has 0 spiro atoms. The topological polar surface area (TPSA) is 106 Å². The molecule has 0 bridgehead atoms. The molecule has 0 radical (unpaired) electrons. The molecule has 0 saturated carbocycles. The highest BCUT2D eigenvalue weighted by Crippen LogP contribution is 2.20. The van der Waals surface area contributed by atoms with E-state index in [1.807, 2.05) is 30.3 Å². The number of tetrazole rings is 1. The molecule has 4 rings (SSSR count). The minimum atomic E-state index is -0.240. The number of likely N-dealkylation sites (tertiary alicyclic amines) is 1. The van der Waals surface area contributed by atoms with E-state index in [1.165, 1.54) is 6.33 Å². The number of amides is 2. The number of pyridine rings is 1. The summed E-state index contributed by atoms with van der Waals surface area (Å²) < 4.78 is 2.40. The molecule has 0 aliphatic carbocycles. The third-order valence-electron chi connectivity index (χ3n) is 5.03. The smallest absolute Gasteiger partial charge is 0.230 e.